The van der Waals surface area contributed by atoms with Gasteiger partial charge in [-0.25, -0.2) is 8.42 Å². The van der Waals surface area contributed by atoms with E-state index in [9.17, 15) is 13.2 Å². The van der Waals surface area contributed by atoms with E-state index < -0.39 is 22.5 Å². The van der Waals surface area contributed by atoms with Crippen LogP contribution in [0.1, 0.15) is 16.7 Å². The average Bonchev–Trinajstić information content (AvgIpc) is 2.78. The Morgan fingerprint density at radius 2 is 1.67 bits per heavy atom. The molecule has 1 amide bonds. The zero-order valence-electron chi connectivity index (χ0n) is 18.8. The highest BCUT2D eigenvalue weighted by Gasteiger charge is 2.28. The summed E-state index contributed by atoms with van der Waals surface area (Å²) in [4.78, 5) is 12.8. The fourth-order valence-corrected chi connectivity index (χ4v) is 4.94. The molecule has 0 spiro atoms. The minimum absolute atomic E-state index is 0.0825. The van der Waals surface area contributed by atoms with Crippen molar-refractivity contribution < 1.29 is 17.9 Å². The predicted molar refractivity (Wildman–Crippen MR) is 132 cm³/mol. The highest BCUT2D eigenvalue weighted by molar-refractivity contribution is 7.92. The first-order valence-corrected chi connectivity index (χ1v) is 12.3. The molecule has 0 heterocycles. The van der Waals surface area contributed by atoms with E-state index in [1.807, 2.05) is 39.0 Å². The summed E-state index contributed by atoms with van der Waals surface area (Å²) < 4.78 is 33.5. The molecule has 0 aromatic heterocycles. The molecule has 1 N–H and O–H groups in total. The molecule has 3 rings (SSSR count). The van der Waals surface area contributed by atoms with Gasteiger partial charge < -0.3 is 10.1 Å². The molecule has 0 unspecified atom stereocenters. The molecular formula is C25H27ClN2O4S. The predicted octanol–water partition coefficient (Wildman–Crippen LogP) is 4.66. The van der Waals surface area contributed by atoms with E-state index in [0.717, 1.165) is 26.7 Å². The number of anilines is 1. The van der Waals surface area contributed by atoms with Gasteiger partial charge in [-0.05, 0) is 62.2 Å². The van der Waals surface area contributed by atoms with Gasteiger partial charge in [0.05, 0.1) is 22.2 Å². The van der Waals surface area contributed by atoms with Crippen molar-refractivity contribution in [2.45, 2.75) is 25.7 Å². The highest BCUT2D eigenvalue weighted by Crippen LogP contribution is 2.30. The number of sulfonamides is 1. The van der Waals surface area contributed by atoms with E-state index in [0.29, 0.717) is 0 Å². The van der Waals surface area contributed by atoms with E-state index in [1.54, 1.807) is 36.4 Å². The van der Waals surface area contributed by atoms with Crippen molar-refractivity contribution in [2.24, 2.45) is 0 Å². The number of aryl methyl sites for hydroxylation is 2. The topological polar surface area (TPSA) is 75.7 Å². The smallest absolute Gasteiger partial charge is 0.264 e. The van der Waals surface area contributed by atoms with Crippen LogP contribution in [0.3, 0.4) is 0 Å². The zero-order valence-corrected chi connectivity index (χ0v) is 20.4. The molecule has 0 aliphatic carbocycles. The summed E-state index contributed by atoms with van der Waals surface area (Å²) in [6, 6.07) is 18.8. The Bertz CT molecular complexity index is 1230. The van der Waals surface area contributed by atoms with Gasteiger partial charge in [0.2, 0.25) is 5.91 Å². The Morgan fingerprint density at radius 1 is 0.970 bits per heavy atom. The number of amides is 1. The van der Waals surface area contributed by atoms with Crippen LogP contribution in [-0.4, -0.2) is 34.0 Å². The molecule has 0 saturated heterocycles. The van der Waals surface area contributed by atoms with Crippen LogP contribution in [0.4, 0.5) is 5.69 Å². The molecule has 3 aromatic rings. The number of halogens is 1. The standard InChI is InChI=1S/C25H27ClN2O4S/c1-18-11-13-21(14-12-18)33(30,31)28(23-9-5-4-8-22(23)26)17-25(29)27-15-16-32-24-10-6-7-19(2)20(24)3/h4-14H,15-17H2,1-3H3,(H,27,29). The molecule has 0 aliphatic heterocycles. The Labute approximate surface area is 200 Å². The summed E-state index contributed by atoms with van der Waals surface area (Å²) in [7, 11) is -4.02. The van der Waals surface area contributed by atoms with Gasteiger partial charge in [0.25, 0.3) is 10.0 Å². The number of carbonyl (C=O) groups excluding carboxylic acids is 1. The number of hydrogen-bond donors (Lipinski definition) is 1. The van der Waals surface area contributed by atoms with E-state index in [1.165, 1.54) is 12.1 Å². The van der Waals surface area contributed by atoms with Crippen LogP contribution >= 0.6 is 11.6 Å². The minimum Gasteiger partial charge on any atom is -0.491 e. The second-order valence-electron chi connectivity index (χ2n) is 7.67. The fourth-order valence-electron chi connectivity index (χ4n) is 3.21. The minimum atomic E-state index is -4.02. The Morgan fingerprint density at radius 3 is 2.36 bits per heavy atom. The fraction of sp³-hybridized carbons (Fsp3) is 0.240. The lowest BCUT2D eigenvalue weighted by atomic mass is 10.1. The third kappa shape index (κ3) is 6.06. The van der Waals surface area contributed by atoms with E-state index in [2.05, 4.69) is 5.32 Å². The van der Waals surface area contributed by atoms with Gasteiger partial charge >= 0.3 is 0 Å². The van der Waals surface area contributed by atoms with Crippen molar-refractivity contribution in [1.29, 1.82) is 0 Å². The maximum atomic E-state index is 13.4. The maximum absolute atomic E-state index is 13.4. The summed E-state index contributed by atoms with van der Waals surface area (Å²) in [6.07, 6.45) is 0. The van der Waals surface area contributed by atoms with Gasteiger partial charge in [0.1, 0.15) is 18.9 Å². The Balaban J connectivity index is 1.72. The molecule has 33 heavy (non-hydrogen) atoms. The van der Waals surface area contributed by atoms with Gasteiger partial charge in [-0.3, -0.25) is 9.10 Å². The molecule has 0 saturated carbocycles. The second kappa shape index (κ2) is 10.7. The van der Waals surface area contributed by atoms with Crippen LogP contribution in [0.25, 0.3) is 0 Å². The normalized spacial score (nSPS) is 11.2. The van der Waals surface area contributed by atoms with Crippen molar-refractivity contribution >= 4 is 33.2 Å². The Hall–Kier alpha value is -3.03. The summed E-state index contributed by atoms with van der Waals surface area (Å²) >= 11 is 6.29. The lowest BCUT2D eigenvalue weighted by Gasteiger charge is -2.25. The number of nitrogens with zero attached hydrogens (tertiary/aromatic N) is 1. The van der Waals surface area contributed by atoms with Gasteiger partial charge in [-0.2, -0.15) is 0 Å². The van der Waals surface area contributed by atoms with Crippen LogP contribution in [0.5, 0.6) is 5.75 Å². The summed E-state index contributed by atoms with van der Waals surface area (Å²) in [6.45, 7) is 5.92. The van der Waals surface area contributed by atoms with Crippen molar-refractivity contribution in [1.82, 2.24) is 5.32 Å². The van der Waals surface area contributed by atoms with Crippen molar-refractivity contribution in [2.75, 3.05) is 24.0 Å². The molecule has 174 valence electrons. The van der Waals surface area contributed by atoms with Crippen LogP contribution in [0.15, 0.2) is 71.6 Å². The van der Waals surface area contributed by atoms with Crippen molar-refractivity contribution in [3.8, 4) is 5.75 Å². The molecule has 8 heteroatoms. The quantitative estimate of drug-likeness (QED) is 0.446. The third-order valence-corrected chi connectivity index (χ3v) is 7.35. The van der Waals surface area contributed by atoms with Crippen molar-refractivity contribution in [3.63, 3.8) is 0 Å². The number of para-hydroxylation sites is 1. The number of benzene rings is 3. The van der Waals surface area contributed by atoms with Gasteiger partial charge in [-0.15, -0.1) is 0 Å². The van der Waals surface area contributed by atoms with Crippen LogP contribution in [0, 0.1) is 20.8 Å². The number of carbonyl (C=O) groups is 1. The number of rotatable bonds is 9. The number of hydrogen-bond acceptors (Lipinski definition) is 4. The number of ether oxygens (including phenoxy) is 1. The van der Waals surface area contributed by atoms with Crippen LogP contribution < -0.4 is 14.4 Å². The summed E-state index contributed by atoms with van der Waals surface area (Å²) in [5, 5.41) is 2.96. The van der Waals surface area contributed by atoms with Crippen LogP contribution in [-0.2, 0) is 14.8 Å². The molecule has 3 aromatic carbocycles. The second-order valence-corrected chi connectivity index (χ2v) is 9.94. The van der Waals surface area contributed by atoms with E-state index in [4.69, 9.17) is 16.3 Å². The monoisotopic (exact) mass is 486 g/mol. The van der Waals surface area contributed by atoms with Crippen molar-refractivity contribution in [3.05, 3.63) is 88.4 Å². The van der Waals surface area contributed by atoms with Crippen LogP contribution in [0.2, 0.25) is 5.02 Å². The SMILES string of the molecule is Cc1ccc(S(=O)(=O)N(CC(=O)NCCOc2cccc(C)c2C)c2ccccc2Cl)cc1. The lowest BCUT2D eigenvalue weighted by Crippen LogP contribution is -2.42. The molecule has 0 aliphatic rings. The molecule has 0 radical (unpaired) electrons. The number of nitrogens with one attached hydrogen (secondary N) is 1. The molecular weight excluding hydrogens is 460 g/mol. The highest BCUT2D eigenvalue weighted by atomic mass is 35.5. The molecule has 0 fully saturated rings. The molecule has 6 nitrogen and oxygen atoms in total. The van der Waals surface area contributed by atoms with E-state index >= 15 is 0 Å². The van der Waals surface area contributed by atoms with E-state index in [-0.39, 0.29) is 28.8 Å². The first kappa shape index (κ1) is 24.6. The lowest BCUT2D eigenvalue weighted by molar-refractivity contribution is -0.119. The Kier molecular flexibility index (Phi) is 8.00. The van der Waals surface area contributed by atoms with Gasteiger partial charge in [-0.1, -0.05) is 53.6 Å². The first-order valence-electron chi connectivity index (χ1n) is 10.5. The molecule has 0 bridgehead atoms. The molecule has 0 atom stereocenters. The summed E-state index contributed by atoms with van der Waals surface area (Å²) in [5.41, 5.74) is 3.33. The maximum Gasteiger partial charge on any atom is 0.264 e. The summed E-state index contributed by atoms with van der Waals surface area (Å²) in [5.74, 6) is 0.291. The average molecular weight is 487 g/mol. The largest absolute Gasteiger partial charge is 0.491 e. The zero-order chi connectivity index (χ0) is 24.0. The van der Waals surface area contributed by atoms with Gasteiger partial charge in [0, 0.05) is 0 Å². The third-order valence-electron chi connectivity index (χ3n) is 5.25. The van der Waals surface area contributed by atoms with Gasteiger partial charge in [0.15, 0.2) is 0 Å². The first-order chi connectivity index (χ1) is 15.7.